The van der Waals surface area contributed by atoms with Gasteiger partial charge in [0.25, 0.3) is 5.56 Å². The molecule has 0 radical (unpaired) electrons. The Morgan fingerprint density at radius 2 is 1.96 bits per heavy atom. The van der Waals surface area contributed by atoms with Crippen molar-refractivity contribution in [3.05, 3.63) is 70.8 Å². The SMILES string of the molecule is COc1cccc2ncn(CC(O)Cc3ccccc3)c(=O)c12. The molecular formula is C18H18N2O3. The lowest BCUT2D eigenvalue weighted by Crippen LogP contribution is -2.28. The summed E-state index contributed by atoms with van der Waals surface area (Å²) in [6.07, 6.45) is 1.29. The molecule has 1 heterocycles. The van der Waals surface area contributed by atoms with Gasteiger partial charge in [-0.1, -0.05) is 36.4 Å². The van der Waals surface area contributed by atoms with Gasteiger partial charge in [0.1, 0.15) is 11.1 Å². The van der Waals surface area contributed by atoms with Gasteiger partial charge in [0.15, 0.2) is 0 Å². The van der Waals surface area contributed by atoms with Crippen LogP contribution in [0.25, 0.3) is 10.9 Å². The predicted octanol–water partition coefficient (Wildman–Crippen LogP) is 2.01. The minimum Gasteiger partial charge on any atom is -0.496 e. The zero-order valence-electron chi connectivity index (χ0n) is 12.8. The second-order valence-electron chi connectivity index (χ2n) is 5.40. The van der Waals surface area contributed by atoms with Crippen molar-refractivity contribution in [1.29, 1.82) is 0 Å². The maximum atomic E-state index is 12.6. The fourth-order valence-corrected chi connectivity index (χ4v) is 2.65. The van der Waals surface area contributed by atoms with E-state index in [0.29, 0.717) is 23.1 Å². The molecule has 0 aliphatic rings. The van der Waals surface area contributed by atoms with Crippen LogP contribution >= 0.6 is 0 Å². The van der Waals surface area contributed by atoms with Crippen molar-refractivity contribution < 1.29 is 9.84 Å². The molecule has 1 aromatic heterocycles. The summed E-state index contributed by atoms with van der Waals surface area (Å²) < 4.78 is 6.68. The summed E-state index contributed by atoms with van der Waals surface area (Å²) >= 11 is 0. The van der Waals surface area contributed by atoms with Gasteiger partial charge in [-0.25, -0.2) is 4.98 Å². The first-order chi connectivity index (χ1) is 11.2. The number of rotatable bonds is 5. The van der Waals surface area contributed by atoms with Gasteiger partial charge in [0, 0.05) is 6.42 Å². The number of hydrogen-bond acceptors (Lipinski definition) is 4. The lowest BCUT2D eigenvalue weighted by atomic mass is 10.1. The summed E-state index contributed by atoms with van der Waals surface area (Å²) in [5.41, 5.74) is 1.40. The van der Waals surface area contributed by atoms with Crippen LogP contribution < -0.4 is 10.3 Å². The standard InChI is InChI=1S/C18H18N2O3/c1-23-16-9-5-8-15-17(16)18(22)20(12-19-15)11-14(21)10-13-6-3-2-4-7-13/h2-9,12,14,21H,10-11H2,1H3. The van der Waals surface area contributed by atoms with E-state index in [-0.39, 0.29) is 12.1 Å². The van der Waals surface area contributed by atoms with Crippen LogP contribution in [0.5, 0.6) is 5.75 Å². The Kier molecular flexibility index (Phi) is 4.39. The van der Waals surface area contributed by atoms with Gasteiger partial charge in [-0.2, -0.15) is 0 Å². The van der Waals surface area contributed by atoms with Gasteiger partial charge in [-0.15, -0.1) is 0 Å². The molecule has 1 unspecified atom stereocenters. The number of aliphatic hydroxyl groups is 1. The zero-order chi connectivity index (χ0) is 16.2. The van der Waals surface area contributed by atoms with Crippen molar-refractivity contribution in [3.63, 3.8) is 0 Å². The maximum absolute atomic E-state index is 12.6. The molecule has 5 nitrogen and oxygen atoms in total. The molecule has 2 aromatic carbocycles. The zero-order valence-corrected chi connectivity index (χ0v) is 12.8. The Bertz CT molecular complexity index is 859. The van der Waals surface area contributed by atoms with E-state index in [1.54, 1.807) is 18.2 Å². The largest absolute Gasteiger partial charge is 0.496 e. The smallest absolute Gasteiger partial charge is 0.265 e. The van der Waals surface area contributed by atoms with Crippen LogP contribution in [0.1, 0.15) is 5.56 Å². The van der Waals surface area contributed by atoms with Crippen LogP contribution in [0.4, 0.5) is 0 Å². The fraction of sp³-hybridized carbons (Fsp3) is 0.222. The van der Waals surface area contributed by atoms with Crippen molar-refractivity contribution in [2.24, 2.45) is 0 Å². The molecule has 3 aromatic rings. The molecule has 118 valence electrons. The molecule has 0 aliphatic heterocycles. The van der Waals surface area contributed by atoms with E-state index in [4.69, 9.17) is 4.74 Å². The van der Waals surface area contributed by atoms with Gasteiger partial charge in [-0.3, -0.25) is 9.36 Å². The van der Waals surface area contributed by atoms with Gasteiger partial charge < -0.3 is 9.84 Å². The van der Waals surface area contributed by atoms with E-state index in [0.717, 1.165) is 5.56 Å². The average Bonchev–Trinajstić information content (AvgIpc) is 2.57. The normalized spacial score (nSPS) is 12.3. The average molecular weight is 310 g/mol. The molecule has 5 heteroatoms. The Balaban J connectivity index is 1.88. The van der Waals surface area contributed by atoms with Gasteiger partial charge in [0.05, 0.1) is 31.6 Å². The minimum absolute atomic E-state index is 0.189. The van der Waals surface area contributed by atoms with Crippen LogP contribution in [-0.2, 0) is 13.0 Å². The molecule has 23 heavy (non-hydrogen) atoms. The molecule has 0 aliphatic carbocycles. The summed E-state index contributed by atoms with van der Waals surface area (Å²) in [6.45, 7) is 0.189. The third-order valence-corrected chi connectivity index (χ3v) is 3.76. The van der Waals surface area contributed by atoms with Crippen LogP contribution in [0.3, 0.4) is 0 Å². The summed E-state index contributed by atoms with van der Waals surface area (Å²) in [6, 6.07) is 15.0. The highest BCUT2D eigenvalue weighted by atomic mass is 16.5. The number of methoxy groups -OCH3 is 1. The van der Waals surface area contributed by atoms with Gasteiger partial charge in [0.2, 0.25) is 0 Å². The number of nitrogens with zero attached hydrogens (tertiary/aromatic N) is 2. The van der Waals surface area contributed by atoms with Crippen molar-refractivity contribution in [2.75, 3.05) is 7.11 Å². The predicted molar refractivity (Wildman–Crippen MR) is 88.7 cm³/mol. The third kappa shape index (κ3) is 3.24. The Morgan fingerprint density at radius 1 is 1.17 bits per heavy atom. The van der Waals surface area contributed by atoms with Crippen molar-refractivity contribution >= 4 is 10.9 Å². The number of aliphatic hydroxyl groups excluding tert-OH is 1. The highest BCUT2D eigenvalue weighted by Gasteiger charge is 2.12. The summed E-state index contributed by atoms with van der Waals surface area (Å²) in [4.78, 5) is 16.9. The van der Waals surface area contributed by atoms with Gasteiger partial charge >= 0.3 is 0 Å². The van der Waals surface area contributed by atoms with E-state index >= 15 is 0 Å². The second kappa shape index (κ2) is 6.62. The summed E-state index contributed by atoms with van der Waals surface area (Å²) in [7, 11) is 1.52. The van der Waals surface area contributed by atoms with Crippen molar-refractivity contribution in [1.82, 2.24) is 9.55 Å². The lowest BCUT2D eigenvalue weighted by Gasteiger charge is -2.13. The van der Waals surface area contributed by atoms with Crippen molar-refractivity contribution in [3.8, 4) is 5.75 Å². The van der Waals surface area contributed by atoms with Crippen LogP contribution in [0.15, 0.2) is 59.7 Å². The molecule has 0 fully saturated rings. The molecule has 0 saturated carbocycles. The topological polar surface area (TPSA) is 64.3 Å². The third-order valence-electron chi connectivity index (χ3n) is 3.76. The molecule has 0 bridgehead atoms. The van der Waals surface area contributed by atoms with E-state index in [9.17, 15) is 9.90 Å². The molecule has 1 atom stereocenters. The number of fused-ring (bicyclic) bond motifs is 1. The molecule has 0 amide bonds. The number of benzene rings is 2. The summed E-state index contributed by atoms with van der Waals surface area (Å²) in [5, 5.41) is 10.7. The number of aromatic nitrogens is 2. The maximum Gasteiger partial charge on any atom is 0.265 e. The first kappa shape index (κ1) is 15.2. The lowest BCUT2D eigenvalue weighted by molar-refractivity contribution is 0.152. The Morgan fingerprint density at radius 3 is 2.70 bits per heavy atom. The molecule has 3 rings (SSSR count). The van der Waals surface area contributed by atoms with E-state index in [1.807, 2.05) is 30.3 Å². The Hall–Kier alpha value is -2.66. The highest BCUT2D eigenvalue weighted by Crippen LogP contribution is 2.19. The monoisotopic (exact) mass is 310 g/mol. The molecule has 1 N–H and O–H groups in total. The van der Waals surface area contributed by atoms with Crippen LogP contribution in [0.2, 0.25) is 0 Å². The highest BCUT2D eigenvalue weighted by molar-refractivity contribution is 5.83. The van der Waals surface area contributed by atoms with Crippen LogP contribution in [-0.4, -0.2) is 27.9 Å². The molecule has 0 spiro atoms. The van der Waals surface area contributed by atoms with Crippen molar-refractivity contribution in [2.45, 2.75) is 19.1 Å². The Labute approximate surface area is 133 Å². The number of hydrogen-bond donors (Lipinski definition) is 1. The molecular weight excluding hydrogens is 292 g/mol. The molecule has 0 saturated heterocycles. The summed E-state index contributed by atoms with van der Waals surface area (Å²) in [5.74, 6) is 0.492. The second-order valence-corrected chi connectivity index (χ2v) is 5.40. The van der Waals surface area contributed by atoms with Gasteiger partial charge in [-0.05, 0) is 17.7 Å². The van der Waals surface area contributed by atoms with E-state index in [1.165, 1.54) is 18.0 Å². The van der Waals surface area contributed by atoms with E-state index < -0.39 is 6.10 Å². The number of ether oxygens (including phenoxy) is 1. The first-order valence-electron chi connectivity index (χ1n) is 7.43. The quantitative estimate of drug-likeness (QED) is 0.783. The van der Waals surface area contributed by atoms with E-state index in [2.05, 4.69) is 4.98 Å². The first-order valence-corrected chi connectivity index (χ1v) is 7.43. The van der Waals surface area contributed by atoms with Crippen LogP contribution in [0, 0.1) is 0 Å². The fourth-order valence-electron chi connectivity index (χ4n) is 2.65. The minimum atomic E-state index is -0.663.